The Morgan fingerprint density at radius 1 is 1.20 bits per heavy atom. The summed E-state index contributed by atoms with van der Waals surface area (Å²) < 4.78 is 5.72. The molecule has 0 radical (unpaired) electrons. The lowest BCUT2D eigenvalue weighted by atomic mass is 9.92. The summed E-state index contributed by atoms with van der Waals surface area (Å²) in [6, 6.07) is 7.31. The molecule has 1 aromatic rings. The molecule has 1 unspecified atom stereocenters. The van der Waals surface area contributed by atoms with E-state index in [4.69, 9.17) is 4.74 Å². The second kappa shape index (κ2) is 7.44. The predicted molar refractivity (Wildman–Crippen MR) is 80.5 cm³/mol. The number of ether oxygens (including phenoxy) is 1. The zero-order valence-corrected chi connectivity index (χ0v) is 12.6. The van der Waals surface area contributed by atoms with Crippen LogP contribution in [0.5, 0.6) is 5.75 Å². The van der Waals surface area contributed by atoms with Crippen molar-refractivity contribution in [2.24, 2.45) is 11.8 Å². The molecular formula is C17H26NO2+. The lowest BCUT2D eigenvalue weighted by Gasteiger charge is -2.31. The van der Waals surface area contributed by atoms with Crippen LogP contribution in [0, 0.1) is 11.8 Å². The molecule has 3 nitrogen and oxygen atoms in total. The van der Waals surface area contributed by atoms with E-state index >= 15 is 0 Å². The Morgan fingerprint density at radius 3 is 2.45 bits per heavy atom. The fourth-order valence-corrected chi connectivity index (χ4v) is 3.28. The van der Waals surface area contributed by atoms with Crippen LogP contribution in [-0.2, 0) is 0 Å². The van der Waals surface area contributed by atoms with E-state index < -0.39 is 0 Å². The molecule has 0 spiro atoms. The van der Waals surface area contributed by atoms with Crippen molar-refractivity contribution in [1.29, 1.82) is 0 Å². The van der Waals surface area contributed by atoms with E-state index in [-0.39, 0.29) is 0 Å². The van der Waals surface area contributed by atoms with Crippen molar-refractivity contribution in [3.63, 3.8) is 0 Å². The summed E-state index contributed by atoms with van der Waals surface area (Å²) in [6.07, 6.45) is 3.32. The van der Waals surface area contributed by atoms with Gasteiger partial charge in [-0.15, -0.1) is 0 Å². The smallest absolute Gasteiger partial charge is 0.150 e. The van der Waals surface area contributed by atoms with Gasteiger partial charge >= 0.3 is 0 Å². The molecule has 20 heavy (non-hydrogen) atoms. The number of quaternary nitrogens is 1. The van der Waals surface area contributed by atoms with Crippen molar-refractivity contribution < 1.29 is 14.4 Å². The topological polar surface area (TPSA) is 30.7 Å². The van der Waals surface area contributed by atoms with Gasteiger partial charge < -0.3 is 9.64 Å². The van der Waals surface area contributed by atoms with Crippen LogP contribution < -0.4 is 9.64 Å². The summed E-state index contributed by atoms with van der Waals surface area (Å²) in [4.78, 5) is 12.3. The number of hydrogen-bond donors (Lipinski definition) is 1. The van der Waals surface area contributed by atoms with Crippen molar-refractivity contribution in [2.45, 2.75) is 26.7 Å². The van der Waals surface area contributed by atoms with Gasteiger partial charge in [-0.2, -0.15) is 0 Å². The number of rotatable bonds is 6. The van der Waals surface area contributed by atoms with Gasteiger partial charge in [-0.1, -0.05) is 13.8 Å². The van der Waals surface area contributed by atoms with Crippen LogP contribution in [0.2, 0.25) is 0 Å². The molecule has 0 aromatic heterocycles. The van der Waals surface area contributed by atoms with Gasteiger partial charge in [-0.3, -0.25) is 4.79 Å². The molecule has 0 bridgehead atoms. The van der Waals surface area contributed by atoms with E-state index in [1.165, 1.54) is 26.1 Å². The normalized spacial score (nSPS) is 26.2. The summed E-state index contributed by atoms with van der Waals surface area (Å²) in [5.41, 5.74) is 0.693. The average molecular weight is 276 g/mol. The molecule has 2 rings (SSSR count). The number of carbonyl (C=O) groups excluding carboxylic acids is 1. The number of nitrogens with one attached hydrogen (secondary N) is 1. The van der Waals surface area contributed by atoms with Crippen LogP contribution in [0.15, 0.2) is 24.3 Å². The zero-order chi connectivity index (χ0) is 14.4. The number of benzene rings is 1. The molecule has 1 aliphatic rings. The maximum absolute atomic E-state index is 10.6. The molecule has 1 aliphatic heterocycles. The Hall–Kier alpha value is -1.35. The van der Waals surface area contributed by atoms with Gasteiger partial charge in [0.1, 0.15) is 12.0 Å². The van der Waals surface area contributed by atoms with Crippen LogP contribution in [0.3, 0.4) is 0 Å². The first kappa shape index (κ1) is 15.0. The highest BCUT2D eigenvalue weighted by Crippen LogP contribution is 2.12. The SMILES string of the molecule is C[C@@H]1C[C@H](C)C[NH+](CCCOc2ccc(C=O)cc2)C1. The summed E-state index contributed by atoms with van der Waals surface area (Å²) in [7, 11) is 0. The lowest BCUT2D eigenvalue weighted by molar-refractivity contribution is -0.912. The highest BCUT2D eigenvalue weighted by Gasteiger charge is 2.24. The van der Waals surface area contributed by atoms with E-state index in [0.29, 0.717) is 5.56 Å². The van der Waals surface area contributed by atoms with Gasteiger partial charge in [-0.05, 0) is 30.7 Å². The third-order valence-corrected chi connectivity index (χ3v) is 4.04. The van der Waals surface area contributed by atoms with Crippen LogP contribution in [0.25, 0.3) is 0 Å². The van der Waals surface area contributed by atoms with Crippen LogP contribution in [-0.4, -0.2) is 32.5 Å². The minimum absolute atomic E-state index is 0.693. The van der Waals surface area contributed by atoms with Gasteiger partial charge in [-0.25, -0.2) is 0 Å². The standard InChI is InChI=1S/C17H25NO2/c1-14-10-15(2)12-18(11-14)8-3-9-20-17-6-4-16(13-19)5-7-17/h4-7,13-15H,3,8-12H2,1-2H3/p+1/t14-,15+. The van der Waals surface area contributed by atoms with Crippen molar-refractivity contribution in [1.82, 2.24) is 0 Å². The van der Waals surface area contributed by atoms with Crippen LogP contribution in [0.1, 0.15) is 37.0 Å². The molecule has 1 N–H and O–H groups in total. The molecule has 0 aliphatic carbocycles. The van der Waals surface area contributed by atoms with Gasteiger partial charge in [0.25, 0.3) is 0 Å². The molecule has 1 saturated heterocycles. The maximum atomic E-state index is 10.6. The fourth-order valence-electron chi connectivity index (χ4n) is 3.28. The van der Waals surface area contributed by atoms with Crippen molar-refractivity contribution in [3.8, 4) is 5.75 Å². The molecule has 1 fully saturated rings. The third-order valence-electron chi connectivity index (χ3n) is 4.04. The molecule has 1 aromatic carbocycles. The van der Waals surface area contributed by atoms with Crippen molar-refractivity contribution >= 4 is 6.29 Å². The largest absolute Gasteiger partial charge is 0.493 e. The van der Waals surface area contributed by atoms with Gasteiger partial charge in [0.05, 0.1) is 26.2 Å². The second-order valence-electron chi connectivity index (χ2n) is 6.24. The number of piperidine rings is 1. The molecular weight excluding hydrogens is 250 g/mol. The highest BCUT2D eigenvalue weighted by molar-refractivity contribution is 5.74. The molecule has 3 atom stereocenters. The zero-order valence-electron chi connectivity index (χ0n) is 12.6. The minimum Gasteiger partial charge on any atom is -0.493 e. The first-order valence-electron chi connectivity index (χ1n) is 7.69. The fraction of sp³-hybridized carbons (Fsp3) is 0.588. The maximum Gasteiger partial charge on any atom is 0.150 e. The van der Waals surface area contributed by atoms with Crippen LogP contribution in [0.4, 0.5) is 0 Å². The number of aldehydes is 1. The van der Waals surface area contributed by atoms with E-state index in [1.807, 2.05) is 12.1 Å². The van der Waals surface area contributed by atoms with E-state index in [0.717, 1.165) is 36.9 Å². The Labute approximate surface area is 121 Å². The summed E-state index contributed by atoms with van der Waals surface area (Å²) in [5.74, 6) is 2.56. The van der Waals surface area contributed by atoms with E-state index in [2.05, 4.69) is 13.8 Å². The first-order valence-corrected chi connectivity index (χ1v) is 7.69. The average Bonchev–Trinajstić information content (AvgIpc) is 2.43. The molecule has 0 saturated carbocycles. The highest BCUT2D eigenvalue weighted by atomic mass is 16.5. The van der Waals surface area contributed by atoms with Crippen molar-refractivity contribution in [2.75, 3.05) is 26.2 Å². The molecule has 3 heteroatoms. The van der Waals surface area contributed by atoms with Crippen LogP contribution >= 0.6 is 0 Å². The number of likely N-dealkylation sites (tertiary alicyclic amines) is 1. The molecule has 1 heterocycles. The predicted octanol–water partition coefficient (Wildman–Crippen LogP) is 1.83. The van der Waals surface area contributed by atoms with Gasteiger partial charge in [0.15, 0.2) is 0 Å². The summed E-state index contributed by atoms with van der Waals surface area (Å²) in [5, 5.41) is 0. The van der Waals surface area contributed by atoms with Gasteiger partial charge in [0.2, 0.25) is 0 Å². The van der Waals surface area contributed by atoms with Gasteiger partial charge in [0, 0.05) is 23.8 Å². The number of hydrogen-bond acceptors (Lipinski definition) is 2. The quantitative estimate of drug-likeness (QED) is 0.635. The van der Waals surface area contributed by atoms with E-state index in [1.54, 1.807) is 17.0 Å². The van der Waals surface area contributed by atoms with E-state index in [9.17, 15) is 4.79 Å². The second-order valence-corrected chi connectivity index (χ2v) is 6.24. The molecule has 110 valence electrons. The lowest BCUT2D eigenvalue weighted by Crippen LogP contribution is -3.14. The summed E-state index contributed by atoms with van der Waals surface area (Å²) in [6.45, 7) is 9.28. The monoisotopic (exact) mass is 276 g/mol. The number of carbonyl (C=O) groups is 1. The Morgan fingerprint density at radius 2 is 1.85 bits per heavy atom. The Balaban J connectivity index is 1.66. The molecule has 0 amide bonds. The Bertz CT molecular complexity index is 406. The first-order chi connectivity index (χ1) is 9.67. The van der Waals surface area contributed by atoms with Crippen molar-refractivity contribution in [3.05, 3.63) is 29.8 Å². The minimum atomic E-state index is 0.693. The summed E-state index contributed by atoms with van der Waals surface area (Å²) >= 11 is 0. The Kier molecular flexibility index (Phi) is 5.60. The third kappa shape index (κ3) is 4.64.